The van der Waals surface area contributed by atoms with E-state index in [0.717, 1.165) is 22.0 Å². The topological polar surface area (TPSA) is 17.8 Å². The van der Waals surface area contributed by atoms with Crippen molar-refractivity contribution in [3.63, 3.8) is 0 Å². The zero-order chi connectivity index (χ0) is 10.1. The van der Waals surface area contributed by atoms with Crippen LogP contribution in [-0.2, 0) is 7.05 Å². The molecule has 3 heteroatoms. The van der Waals surface area contributed by atoms with Gasteiger partial charge in [0.25, 0.3) is 0 Å². The van der Waals surface area contributed by atoms with Gasteiger partial charge in [0, 0.05) is 17.6 Å². The van der Waals surface area contributed by atoms with Gasteiger partial charge in [0.1, 0.15) is 0 Å². The SMILES string of the molecule is Cc1cc(-c2cccc(Cl)c2)n(C)n1. The van der Waals surface area contributed by atoms with Crippen LogP contribution in [-0.4, -0.2) is 9.78 Å². The summed E-state index contributed by atoms with van der Waals surface area (Å²) in [6.45, 7) is 1.98. The molecule has 0 bridgehead atoms. The molecule has 0 atom stereocenters. The highest BCUT2D eigenvalue weighted by molar-refractivity contribution is 6.30. The van der Waals surface area contributed by atoms with Gasteiger partial charge in [-0.1, -0.05) is 23.7 Å². The second-order valence-electron chi connectivity index (χ2n) is 3.30. The molecule has 0 aliphatic rings. The standard InChI is InChI=1S/C11H11ClN2/c1-8-6-11(14(2)13-8)9-4-3-5-10(12)7-9/h3-7H,1-2H3. The quantitative estimate of drug-likeness (QED) is 0.701. The molecule has 1 heterocycles. The lowest BCUT2D eigenvalue weighted by Gasteiger charge is -2.01. The second-order valence-corrected chi connectivity index (χ2v) is 3.74. The number of halogens is 1. The largest absolute Gasteiger partial charge is 0.268 e. The molecule has 14 heavy (non-hydrogen) atoms. The van der Waals surface area contributed by atoms with Crippen LogP contribution in [0.3, 0.4) is 0 Å². The van der Waals surface area contributed by atoms with Crippen molar-refractivity contribution in [2.45, 2.75) is 6.92 Å². The Labute approximate surface area is 88.1 Å². The Kier molecular flexibility index (Phi) is 2.30. The molecule has 72 valence electrons. The number of hydrogen-bond donors (Lipinski definition) is 0. The Hall–Kier alpha value is -1.28. The summed E-state index contributed by atoms with van der Waals surface area (Å²) in [5.74, 6) is 0. The fraction of sp³-hybridized carbons (Fsp3) is 0.182. The molecule has 0 amide bonds. The first kappa shape index (κ1) is 9.28. The monoisotopic (exact) mass is 206 g/mol. The third-order valence-electron chi connectivity index (χ3n) is 2.12. The second kappa shape index (κ2) is 3.46. The fourth-order valence-electron chi connectivity index (χ4n) is 1.53. The first-order valence-electron chi connectivity index (χ1n) is 4.43. The summed E-state index contributed by atoms with van der Waals surface area (Å²) in [5.41, 5.74) is 3.20. The highest BCUT2D eigenvalue weighted by atomic mass is 35.5. The minimum absolute atomic E-state index is 0.751. The summed E-state index contributed by atoms with van der Waals surface area (Å²) in [6.07, 6.45) is 0. The average molecular weight is 207 g/mol. The summed E-state index contributed by atoms with van der Waals surface area (Å²) in [4.78, 5) is 0. The van der Waals surface area contributed by atoms with Crippen LogP contribution < -0.4 is 0 Å². The predicted octanol–water partition coefficient (Wildman–Crippen LogP) is 3.05. The van der Waals surface area contributed by atoms with Gasteiger partial charge in [-0.05, 0) is 25.1 Å². The molecule has 0 saturated carbocycles. The highest BCUT2D eigenvalue weighted by Gasteiger charge is 2.04. The minimum Gasteiger partial charge on any atom is -0.268 e. The van der Waals surface area contributed by atoms with Crippen LogP contribution in [0.15, 0.2) is 30.3 Å². The van der Waals surface area contributed by atoms with Crippen molar-refractivity contribution in [1.82, 2.24) is 9.78 Å². The van der Waals surface area contributed by atoms with E-state index in [2.05, 4.69) is 5.10 Å². The highest BCUT2D eigenvalue weighted by Crippen LogP contribution is 2.22. The van der Waals surface area contributed by atoms with E-state index in [1.807, 2.05) is 49.0 Å². The third kappa shape index (κ3) is 1.66. The Morgan fingerprint density at radius 3 is 2.64 bits per heavy atom. The smallest absolute Gasteiger partial charge is 0.0682 e. The number of benzene rings is 1. The average Bonchev–Trinajstić information content (AvgIpc) is 2.45. The van der Waals surface area contributed by atoms with Gasteiger partial charge in [-0.25, -0.2) is 0 Å². The molecule has 1 aromatic carbocycles. The zero-order valence-corrected chi connectivity index (χ0v) is 8.92. The maximum absolute atomic E-state index is 5.92. The molecule has 1 aromatic heterocycles. The molecule has 2 rings (SSSR count). The van der Waals surface area contributed by atoms with Crippen LogP contribution in [0.5, 0.6) is 0 Å². The summed E-state index contributed by atoms with van der Waals surface area (Å²) in [6, 6.07) is 9.83. The van der Waals surface area contributed by atoms with E-state index in [9.17, 15) is 0 Å². The molecular weight excluding hydrogens is 196 g/mol. The van der Waals surface area contributed by atoms with Gasteiger partial charge in [-0.3, -0.25) is 4.68 Å². The van der Waals surface area contributed by atoms with E-state index in [1.54, 1.807) is 0 Å². The van der Waals surface area contributed by atoms with Gasteiger partial charge < -0.3 is 0 Å². The first-order valence-corrected chi connectivity index (χ1v) is 4.81. The summed E-state index contributed by atoms with van der Waals surface area (Å²) < 4.78 is 1.86. The van der Waals surface area contributed by atoms with Crippen LogP contribution in [0.4, 0.5) is 0 Å². The van der Waals surface area contributed by atoms with E-state index >= 15 is 0 Å². The maximum atomic E-state index is 5.92. The summed E-state index contributed by atoms with van der Waals surface area (Å²) in [7, 11) is 1.93. The van der Waals surface area contributed by atoms with Gasteiger partial charge in [0.05, 0.1) is 11.4 Å². The van der Waals surface area contributed by atoms with Crippen LogP contribution >= 0.6 is 11.6 Å². The molecule has 0 saturated heterocycles. The molecule has 0 spiro atoms. The molecule has 0 unspecified atom stereocenters. The van der Waals surface area contributed by atoms with E-state index in [4.69, 9.17) is 11.6 Å². The number of nitrogens with zero attached hydrogens (tertiary/aromatic N) is 2. The van der Waals surface area contributed by atoms with Crippen molar-refractivity contribution in [1.29, 1.82) is 0 Å². The maximum Gasteiger partial charge on any atom is 0.0682 e. The summed E-state index contributed by atoms with van der Waals surface area (Å²) in [5, 5.41) is 5.04. The molecule has 0 aliphatic carbocycles. The lowest BCUT2D eigenvalue weighted by atomic mass is 10.1. The molecule has 0 N–H and O–H groups in total. The molecule has 0 radical (unpaired) electrons. The first-order chi connectivity index (χ1) is 6.66. The van der Waals surface area contributed by atoms with E-state index in [1.165, 1.54) is 0 Å². The molecule has 0 aliphatic heterocycles. The lowest BCUT2D eigenvalue weighted by molar-refractivity contribution is 0.764. The Morgan fingerprint density at radius 2 is 2.07 bits per heavy atom. The predicted molar refractivity (Wildman–Crippen MR) is 58.4 cm³/mol. The van der Waals surface area contributed by atoms with Crippen molar-refractivity contribution < 1.29 is 0 Å². The lowest BCUT2D eigenvalue weighted by Crippen LogP contribution is -1.93. The van der Waals surface area contributed by atoms with Crippen LogP contribution in [0.1, 0.15) is 5.69 Å². The van der Waals surface area contributed by atoms with Gasteiger partial charge in [-0.2, -0.15) is 5.10 Å². The molecule has 2 nitrogen and oxygen atoms in total. The third-order valence-corrected chi connectivity index (χ3v) is 2.36. The van der Waals surface area contributed by atoms with Crippen LogP contribution in [0, 0.1) is 6.92 Å². The number of rotatable bonds is 1. The van der Waals surface area contributed by atoms with Gasteiger partial charge in [0.2, 0.25) is 0 Å². The van der Waals surface area contributed by atoms with E-state index < -0.39 is 0 Å². The van der Waals surface area contributed by atoms with Crippen molar-refractivity contribution in [3.05, 3.63) is 41.0 Å². The molecule has 2 aromatic rings. The Morgan fingerprint density at radius 1 is 1.29 bits per heavy atom. The van der Waals surface area contributed by atoms with Crippen molar-refractivity contribution in [2.75, 3.05) is 0 Å². The van der Waals surface area contributed by atoms with E-state index in [0.29, 0.717) is 0 Å². The minimum atomic E-state index is 0.751. The van der Waals surface area contributed by atoms with Gasteiger partial charge in [-0.15, -0.1) is 0 Å². The zero-order valence-electron chi connectivity index (χ0n) is 8.16. The number of aryl methyl sites for hydroxylation is 2. The molecule has 0 fully saturated rings. The number of hydrogen-bond acceptors (Lipinski definition) is 1. The Balaban J connectivity index is 2.54. The number of aromatic nitrogens is 2. The van der Waals surface area contributed by atoms with Crippen molar-refractivity contribution in [2.24, 2.45) is 7.05 Å². The van der Waals surface area contributed by atoms with Crippen molar-refractivity contribution in [3.8, 4) is 11.3 Å². The van der Waals surface area contributed by atoms with Gasteiger partial charge in [0.15, 0.2) is 0 Å². The van der Waals surface area contributed by atoms with E-state index in [-0.39, 0.29) is 0 Å². The van der Waals surface area contributed by atoms with Crippen molar-refractivity contribution >= 4 is 11.6 Å². The summed E-state index contributed by atoms with van der Waals surface area (Å²) >= 11 is 5.92. The molecular formula is C11H11ClN2. The normalized spacial score (nSPS) is 10.5. The van der Waals surface area contributed by atoms with Crippen LogP contribution in [0.25, 0.3) is 11.3 Å². The Bertz CT molecular complexity index is 460. The van der Waals surface area contributed by atoms with Crippen LogP contribution in [0.2, 0.25) is 5.02 Å². The van der Waals surface area contributed by atoms with Gasteiger partial charge >= 0.3 is 0 Å². The fourth-order valence-corrected chi connectivity index (χ4v) is 1.72.